The molecule has 0 bridgehead atoms. The topological polar surface area (TPSA) is 17.1 Å². The van der Waals surface area contributed by atoms with Crippen molar-refractivity contribution in [3.63, 3.8) is 0 Å². The molecular weight excluding hydrogens is 323 g/mol. The number of hydrogen-bond acceptors (Lipinski definition) is 1. The fourth-order valence-electron chi connectivity index (χ4n) is 4.91. The Bertz CT molecular complexity index is 362. The van der Waals surface area contributed by atoms with Crippen LogP contribution in [0.4, 0.5) is 0 Å². The predicted octanol–water partition coefficient (Wildman–Crippen LogP) is 8.51. The molecule has 0 heterocycles. The summed E-state index contributed by atoms with van der Waals surface area (Å²) in [6.07, 6.45) is 18.7. The summed E-state index contributed by atoms with van der Waals surface area (Å²) in [5, 5.41) is 0.143. The summed E-state index contributed by atoms with van der Waals surface area (Å²) in [4.78, 5) is 0. The Hall–Kier alpha value is 0.230. The summed E-state index contributed by atoms with van der Waals surface area (Å²) in [5.41, 5.74) is 0. The van der Waals surface area contributed by atoms with Crippen LogP contribution in [-0.2, 0) is 4.57 Å². The molecule has 1 aliphatic carbocycles. The fraction of sp³-hybridized carbons (Fsp3) is 1.00. The Morgan fingerprint density at radius 2 is 1.24 bits per heavy atom. The minimum absolute atomic E-state index is 0.143. The molecule has 1 aliphatic rings. The first-order valence-corrected chi connectivity index (χ1v) is 13.6. The van der Waals surface area contributed by atoms with Crippen LogP contribution in [0, 0.1) is 11.8 Å². The normalized spacial score (nSPS) is 22.3. The lowest BCUT2D eigenvalue weighted by Gasteiger charge is -2.44. The highest BCUT2D eigenvalue weighted by Crippen LogP contribution is 2.65. The van der Waals surface area contributed by atoms with Crippen LogP contribution in [0.2, 0.25) is 0 Å². The molecule has 1 fully saturated rings. The third-order valence-corrected chi connectivity index (χ3v) is 11.7. The molecule has 0 spiro atoms. The Balaban J connectivity index is 2.96. The molecule has 25 heavy (non-hydrogen) atoms. The molecular formula is C23H47OP. The second-order valence-corrected chi connectivity index (χ2v) is 12.7. The van der Waals surface area contributed by atoms with Crippen molar-refractivity contribution in [2.45, 2.75) is 123 Å². The van der Waals surface area contributed by atoms with E-state index in [0.717, 1.165) is 12.3 Å². The van der Waals surface area contributed by atoms with Gasteiger partial charge in [0.05, 0.1) is 7.14 Å². The first-order chi connectivity index (χ1) is 11.9. The van der Waals surface area contributed by atoms with Crippen LogP contribution >= 0.6 is 7.14 Å². The maximum absolute atomic E-state index is 14.6. The summed E-state index contributed by atoms with van der Waals surface area (Å²) < 4.78 is 14.6. The largest absolute Gasteiger partial charge is 0.323 e. The van der Waals surface area contributed by atoms with Crippen molar-refractivity contribution in [1.82, 2.24) is 0 Å². The second-order valence-electron chi connectivity index (χ2n) is 9.15. The maximum atomic E-state index is 14.6. The zero-order valence-electron chi connectivity index (χ0n) is 18.1. The summed E-state index contributed by atoms with van der Waals surface area (Å²) in [6, 6.07) is 0. The summed E-state index contributed by atoms with van der Waals surface area (Å²) in [6.45, 7) is 11.6. The van der Waals surface area contributed by atoms with Crippen molar-refractivity contribution in [2.24, 2.45) is 11.8 Å². The van der Waals surface area contributed by atoms with Crippen molar-refractivity contribution in [2.75, 3.05) is 12.3 Å². The van der Waals surface area contributed by atoms with Crippen LogP contribution < -0.4 is 0 Å². The van der Waals surface area contributed by atoms with E-state index in [-0.39, 0.29) is 5.16 Å². The lowest BCUT2D eigenvalue weighted by atomic mass is 9.90. The highest BCUT2D eigenvalue weighted by Gasteiger charge is 2.45. The van der Waals surface area contributed by atoms with Gasteiger partial charge in [-0.2, -0.15) is 0 Å². The molecule has 0 saturated heterocycles. The lowest BCUT2D eigenvalue weighted by Crippen LogP contribution is -2.33. The molecule has 2 unspecified atom stereocenters. The molecule has 0 aromatic carbocycles. The molecule has 0 N–H and O–H groups in total. The molecule has 0 aliphatic heterocycles. The molecule has 1 nitrogen and oxygen atoms in total. The average Bonchev–Trinajstić information content (AvgIpc) is 2.62. The molecule has 1 rings (SSSR count). The van der Waals surface area contributed by atoms with Gasteiger partial charge in [0.1, 0.15) is 0 Å². The minimum Gasteiger partial charge on any atom is -0.323 e. The molecule has 1 saturated carbocycles. The van der Waals surface area contributed by atoms with E-state index in [1.54, 1.807) is 0 Å². The molecule has 2 heteroatoms. The quantitative estimate of drug-likeness (QED) is 0.297. The van der Waals surface area contributed by atoms with Gasteiger partial charge >= 0.3 is 0 Å². The van der Waals surface area contributed by atoms with Crippen molar-refractivity contribution >= 4 is 7.14 Å². The summed E-state index contributed by atoms with van der Waals surface area (Å²) in [5.74, 6) is 1.38. The second kappa shape index (κ2) is 11.8. The van der Waals surface area contributed by atoms with Gasteiger partial charge in [-0.15, -0.1) is 0 Å². The molecule has 0 amide bonds. The van der Waals surface area contributed by atoms with Crippen LogP contribution in [0.15, 0.2) is 0 Å². The Morgan fingerprint density at radius 1 is 0.800 bits per heavy atom. The molecule has 2 atom stereocenters. The Labute approximate surface area is 159 Å². The lowest BCUT2D eigenvalue weighted by molar-refractivity contribution is 0.378. The summed E-state index contributed by atoms with van der Waals surface area (Å²) >= 11 is 0. The van der Waals surface area contributed by atoms with E-state index in [4.69, 9.17) is 0 Å². The molecule has 0 aromatic heterocycles. The van der Waals surface area contributed by atoms with Gasteiger partial charge in [0.2, 0.25) is 0 Å². The molecule has 0 radical (unpaired) electrons. The maximum Gasteiger partial charge on any atom is 0.0938 e. The van der Waals surface area contributed by atoms with Crippen molar-refractivity contribution < 1.29 is 4.57 Å². The minimum atomic E-state index is -2.13. The van der Waals surface area contributed by atoms with Gasteiger partial charge < -0.3 is 4.57 Å². The van der Waals surface area contributed by atoms with Gasteiger partial charge in [0.15, 0.2) is 0 Å². The number of hydrogen-bond donors (Lipinski definition) is 0. The first kappa shape index (κ1) is 23.3. The van der Waals surface area contributed by atoms with Crippen molar-refractivity contribution in [3.05, 3.63) is 0 Å². The van der Waals surface area contributed by atoms with Gasteiger partial charge in [0, 0.05) is 17.5 Å². The van der Waals surface area contributed by atoms with Gasteiger partial charge in [-0.25, -0.2) is 0 Å². The van der Waals surface area contributed by atoms with E-state index in [1.807, 2.05) is 0 Å². The number of rotatable bonds is 13. The smallest absolute Gasteiger partial charge is 0.0938 e. The van der Waals surface area contributed by atoms with Crippen LogP contribution in [0.5, 0.6) is 0 Å². The third kappa shape index (κ3) is 7.04. The van der Waals surface area contributed by atoms with Crippen LogP contribution in [0.25, 0.3) is 0 Å². The van der Waals surface area contributed by atoms with Gasteiger partial charge in [0.25, 0.3) is 0 Å². The van der Waals surface area contributed by atoms with Gasteiger partial charge in [-0.1, -0.05) is 105 Å². The van der Waals surface area contributed by atoms with E-state index >= 15 is 0 Å². The Kier molecular flexibility index (Phi) is 11.0. The first-order valence-electron chi connectivity index (χ1n) is 11.5. The van der Waals surface area contributed by atoms with Crippen molar-refractivity contribution in [3.8, 4) is 0 Å². The zero-order valence-corrected chi connectivity index (χ0v) is 19.0. The standard InChI is InChI=1S/C23H47OP/c1-6-10-15-21(8-3)19-25(24,20-22(9-4)16-11-7-2)23(5)17-13-12-14-18-23/h21-22H,6-20H2,1-5H3. The van der Waals surface area contributed by atoms with E-state index < -0.39 is 7.14 Å². The predicted molar refractivity (Wildman–Crippen MR) is 115 cm³/mol. The summed E-state index contributed by atoms with van der Waals surface area (Å²) in [7, 11) is -2.13. The SMILES string of the molecule is CCCCC(CC)CP(=O)(CC(CC)CCCC)C1(C)CCCCC1. The third-order valence-electron chi connectivity index (χ3n) is 7.11. The average molecular weight is 371 g/mol. The Morgan fingerprint density at radius 3 is 1.60 bits per heavy atom. The number of unbranched alkanes of at least 4 members (excludes halogenated alkanes) is 2. The monoisotopic (exact) mass is 370 g/mol. The van der Waals surface area contributed by atoms with E-state index in [2.05, 4.69) is 34.6 Å². The van der Waals surface area contributed by atoms with Crippen LogP contribution in [-0.4, -0.2) is 17.5 Å². The van der Waals surface area contributed by atoms with Gasteiger partial charge in [-0.3, -0.25) is 0 Å². The highest BCUT2D eigenvalue weighted by atomic mass is 31.2. The van der Waals surface area contributed by atoms with Gasteiger partial charge in [-0.05, 0) is 24.7 Å². The highest BCUT2D eigenvalue weighted by molar-refractivity contribution is 7.65. The molecule has 0 aromatic rings. The van der Waals surface area contributed by atoms with E-state index in [1.165, 1.54) is 83.5 Å². The van der Waals surface area contributed by atoms with Crippen molar-refractivity contribution in [1.29, 1.82) is 0 Å². The fourth-order valence-corrected chi connectivity index (χ4v) is 9.62. The zero-order chi connectivity index (χ0) is 18.8. The van der Waals surface area contributed by atoms with Crippen LogP contribution in [0.1, 0.15) is 118 Å². The molecule has 150 valence electrons. The van der Waals surface area contributed by atoms with E-state index in [0.29, 0.717) is 11.8 Å². The van der Waals surface area contributed by atoms with Crippen LogP contribution in [0.3, 0.4) is 0 Å². The van der Waals surface area contributed by atoms with E-state index in [9.17, 15) is 4.57 Å².